The van der Waals surface area contributed by atoms with E-state index >= 15 is 0 Å². The number of allylic oxidation sites excluding steroid dienone is 1. The number of hydrogen-bond donors (Lipinski definition) is 0. The van der Waals surface area contributed by atoms with Crippen molar-refractivity contribution in [2.24, 2.45) is 0 Å². The summed E-state index contributed by atoms with van der Waals surface area (Å²) >= 11 is 0. The first-order chi connectivity index (χ1) is 7.83. The average Bonchev–Trinajstić information content (AvgIpc) is 2.24. The van der Waals surface area contributed by atoms with Crippen LogP contribution in [0, 0.1) is 0 Å². The van der Waals surface area contributed by atoms with Crippen LogP contribution in [0.15, 0.2) is 42.5 Å². The zero-order valence-electron chi connectivity index (χ0n) is 8.81. The van der Waals surface area contributed by atoms with Crippen molar-refractivity contribution in [1.29, 1.82) is 0 Å². The molecule has 94 valence electrons. The highest BCUT2D eigenvalue weighted by Gasteiger charge is 2.44. The third-order valence-corrected chi connectivity index (χ3v) is 3.37. The third-order valence-electron chi connectivity index (χ3n) is 2.03. The van der Waals surface area contributed by atoms with Gasteiger partial charge in [-0.3, -0.25) is 0 Å². The lowest BCUT2D eigenvalue weighted by molar-refractivity contribution is -0.0432. The molecular formula is C11H11F3O2S. The van der Waals surface area contributed by atoms with E-state index in [2.05, 4.69) is 0 Å². The van der Waals surface area contributed by atoms with Gasteiger partial charge in [0.15, 0.2) is 0 Å². The number of hydrogen-bond acceptors (Lipinski definition) is 2. The van der Waals surface area contributed by atoms with Crippen LogP contribution in [0.4, 0.5) is 13.2 Å². The van der Waals surface area contributed by atoms with Gasteiger partial charge in [-0.2, -0.15) is 13.2 Å². The summed E-state index contributed by atoms with van der Waals surface area (Å²) in [5.41, 5.74) is -4.27. The summed E-state index contributed by atoms with van der Waals surface area (Å²) in [5.74, 6) is -1.01. The fourth-order valence-corrected chi connectivity index (χ4v) is 1.70. The molecule has 0 fully saturated rings. The first-order valence-corrected chi connectivity index (χ1v) is 6.46. The number of benzene rings is 1. The van der Waals surface area contributed by atoms with E-state index in [1.807, 2.05) is 18.2 Å². The van der Waals surface area contributed by atoms with E-state index in [4.69, 9.17) is 0 Å². The van der Waals surface area contributed by atoms with Crippen molar-refractivity contribution >= 4 is 9.84 Å². The highest BCUT2D eigenvalue weighted by molar-refractivity contribution is 7.92. The molecule has 0 aliphatic rings. The van der Waals surface area contributed by atoms with E-state index < -0.39 is 21.1 Å². The molecule has 0 aliphatic heterocycles. The molecule has 0 aliphatic carbocycles. The molecular weight excluding hydrogens is 253 g/mol. The lowest BCUT2D eigenvalue weighted by atomic mass is 10.1. The Morgan fingerprint density at radius 2 is 1.65 bits per heavy atom. The minimum Gasteiger partial charge on any atom is -0.219 e. The zero-order chi connectivity index (χ0) is 12.9. The van der Waals surface area contributed by atoms with Crippen LogP contribution in [0.3, 0.4) is 0 Å². The van der Waals surface area contributed by atoms with Crippen molar-refractivity contribution in [3.63, 3.8) is 0 Å². The monoisotopic (exact) mass is 264 g/mol. The van der Waals surface area contributed by atoms with Crippen LogP contribution in [0.5, 0.6) is 0 Å². The molecule has 17 heavy (non-hydrogen) atoms. The first-order valence-electron chi connectivity index (χ1n) is 4.81. The molecule has 0 amide bonds. The third kappa shape index (κ3) is 4.22. The van der Waals surface area contributed by atoms with E-state index in [0.717, 1.165) is 11.6 Å². The Hall–Kier alpha value is -1.30. The zero-order valence-corrected chi connectivity index (χ0v) is 9.63. The summed E-state index contributed by atoms with van der Waals surface area (Å²) in [5, 5.41) is 0. The molecule has 0 heterocycles. The van der Waals surface area contributed by atoms with Crippen molar-refractivity contribution < 1.29 is 21.6 Å². The number of alkyl halides is 3. The predicted molar refractivity (Wildman–Crippen MR) is 59.1 cm³/mol. The molecule has 1 rings (SSSR count). The van der Waals surface area contributed by atoms with Crippen LogP contribution in [-0.4, -0.2) is 19.7 Å². The van der Waals surface area contributed by atoms with E-state index in [1.165, 1.54) is 6.08 Å². The van der Waals surface area contributed by atoms with Gasteiger partial charge < -0.3 is 0 Å². The largest absolute Gasteiger partial charge is 0.497 e. The molecule has 6 heteroatoms. The molecule has 2 nitrogen and oxygen atoms in total. The van der Waals surface area contributed by atoms with E-state index in [1.54, 1.807) is 12.1 Å². The first kappa shape index (κ1) is 13.8. The van der Waals surface area contributed by atoms with E-state index in [-0.39, 0.29) is 0 Å². The van der Waals surface area contributed by atoms with E-state index in [9.17, 15) is 21.6 Å². The fourth-order valence-electron chi connectivity index (χ4n) is 1.12. The van der Waals surface area contributed by atoms with E-state index in [0.29, 0.717) is 6.42 Å². The quantitative estimate of drug-likeness (QED) is 0.784. The van der Waals surface area contributed by atoms with Gasteiger partial charge in [0, 0.05) is 0 Å². The lowest BCUT2D eigenvalue weighted by Gasteiger charge is -2.04. The SMILES string of the molecule is O=S(=O)(C/C=C/Cc1ccccc1)C(F)(F)F. The standard InChI is InChI=1S/C11H11F3O2S/c12-11(13,14)17(15,16)9-5-4-8-10-6-2-1-3-7-10/h1-7H,8-9H2/b5-4+. The number of halogens is 3. The van der Waals surface area contributed by atoms with Crippen LogP contribution < -0.4 is 0 Å². The van der Waals surface area contributed by atoms with Crippen molar-refractivity contribution in [1.82, 2.24) is 0 Å². The van der Waals surface area contributed by atoms with Crippen LogP contribution in [-0.2, 0) is 16.3 Å². The molecule has 0 bridgehead atoms. The topological polar surface area (TPSA) is 34.1 Å². The summed E-state index contributed by atoms with van der Waals surface area (Å²) < 4.78 is 57.3. The maximum Gasteiger partial charge on any atom is 0.497 e. The summed E-state index contributed by atoms with van der Waals surface area (Å²) in [6, 6.07) is 9.04. The van der Waals surface area contributed by atoms with Crippen LogP contribution >= 0.6 is 0 Å². The fraction of sp³-hybridized carbons (Fsp3) is 0.273. The van der Waals surface area contributed by atoms with Gasteiger partial charge in [0.2, 0.25) is 0 Å². The summed E-state index contributed by atoms with van der Waals surface area (Å²) in [4.78, 5) is 0. The summed E-state index contributed by atoms with van der Waals surface area (Å²) in [6.07, 6.45) is 2.85. The summed E-state index contributed by atoms with van der Waals surface area (Å²) in [6.45, 7) is 0. The van der Waals surface area contributed by atoms with Gasteiger partial charge in [-0.1, -0.05) is 42.5 Å². The van der Waals surface area contributed by atoms with Crippen LogP contribution in [0.1, 0.15) is 5.56 Å². The van der Waals surface area contributed by atoms with Crippen LogP contribution in [0.2, 0.25) is 0 Å². The number of rotatable bonds is 4. The predicted octanol–water partition coefficient (Wildman–Crippen LogP) is 2.72. The molecule has 0 saturated heterocycles. The molecule has 0 spiro atoms. The Kier molecular flexibility index (Phi) is 4.34. The molecule has 0 radical (unpaired) electrons. The minimum absolute atomic E-state index is 0.411. The Bertz CT molecular complexity index is 475. The van der Waals surface area contributed by atoms with Gasteiger partial charge in [0.1, 0.15) is 0 Å². The second kappa shape index (κ2) is 5.35. The van der Waals surface area contributed by atoms with Gasteiger partial charge in [0.05, 0.1) is 5.75 Å². The highest BCUT2D eigenvalue weighted by Crippen LogP contribution is 2.23. The smallest absolute Gasteiger partial charge is 0.219 e. The molecule has 0 atom stereocenters. The molecule has 1 aromatic carbocycles. The second-order valence-electron chi connectivity index (χ2n) is 3.39. The minimum atomic E-state index is -5.18. The highest BCUT2D eigenvalue weighted by atomic mass is 32.2. The molecule has 0 saturated carbocycles. The molecule has 0 N–H and O–H groups in total. The maximum atomic E-state index is 12.0. The normalized spacial score (nSPS) is 13.1. The Morgan fingerprint density at radius 1 is 1.06 bits per heavy atom. The Morgan fingerprint density at radius 3 is 2.18 bits per heavy atom. The van der Waals surface area contributed by atoms with Crippen molar-refractivity contribution in [3.8, 4) is 0 Å². The van der Waals surface area contributed by atoms with Gasteiger partial charge >= 0.3 is 5.51 Å². The Balaban J connectivity index is 2.53. The van der Waals surface area contributed by atoms with Gasteiger partial charge in [-0.25, -0.2) is 8.42 Å². The van der Waals surface area contributed by atoms with Gasteiger partial charge in [-0.05, 0) is 12.0 Å². The van der Waals surface area contributed by atoms with Gasteiger partial charge in [-0.15, -0.1) is 0 Å². The summed E-state index contributed by atoms with van der Waals surface area (Å²) in [7, 11) is -5.04. The van der Waals surface area contributed by atoms with Crippen molar-refractivity contribution in [3.05, 3.63) is 48.0 Å². The van der Waals surface area contributed by atoms with Crippen molar-refractivity contribution in [2.75, 3.05) is 5.75 Å². The molecule has 0 unspecified atom stereocenters. The van der Waals surface area contributed by atoms with Crippen molar-refractivity contribution in [2.45, 2.75) is 11.9 Å². The van der Waals surface area contributed by atoms with Crippen LogP contribution in [0.25, 0.3) is 0 Å². The lowest BCUT2D eigenvalue weighted by Crippen LogP contribution is -2.25. The molecule has 0 aromatic heterocycles. The second-order valence-corrected chi connectivity index (χ2v) is 5.41. The number of sulfone groups is 1. The molecule has 1 aromatic rings. The Labute approximate surface area is 97.7 Å². The maximum absolute atomic E-state index is 12.0. The average molecular weight is 264 g/mol. The van der Waals surface area contributed by atoms with Gasteiger partial charge in [0.25, 0.3) is 9.84 Å².